The smallest absolute Gasteiger partial charge is 0.341 e. The van der Waals surface area contributed by atoms with Crippen molar-refractivity contribution in [3.8, 4) is 5.75 Å². The van der Waals surface area contributed by atoms with E-state index in [1.165, 1.54) is 11.3 Å². The van der Waals surface area contributed by atoms with Crippen molar-refractivity contribution in [2.45, 2.75) is 6.92 Å². The highest BCUT2D eigenvalue weighted by Crippen LogP contribution is 2.38. The van der Waals surface area contributed by atoms with Gasteiger partial charge in [0.1, 0.15) is 22.9 Å². The molecule has 0 fully saturated rings. The van der Waals surface area contributed by atoms with Gasteiger partial charge in [-0.2, -0.15) is 0 Å². The van der Waals surface area contributed by atoms with E-state index in [-0.39, 0.29) is 5.97 Å². The Morgan fingerprint density at radius 3 is 2.69 bits per heavy atom. The Morgan fingerprint density at radius 1 is 1.19 bits per heavy atom. The summed E-state index contributed by atoms with van der Waals surface area (Å²) in [5, 5.41) is 1.52. The van der Waals surface area contributed by atoms with Gasteiger partial charge in [-0.25, -0.2) is 9.79 Å². The van der Waals surface area contributed by atoms with Gasteiger partial charge < -0.3 is 9.47 Å². The standard InChI is InChI=1S/C21H19NO3S/c1-3-13-25-16-11-9-15(10-12-16)14-22-20-19(21(23)24-4-2)17-7-5-6-8-18(17)26-20/h3,5-12,14H,1,4,13H2,2H3. The summed E-state index contributed by atoms with van der Waals surface area (Å²) in [4.78, 5) is 16.9. The first-order chi connectivity index (χ1) is 12.7. The maximum Gasteiger partial charge on any atom is 0.341 e. The van der Waals surface area contributed by atoms with Gasteiger partial charge in [0.05, 0.1) is 6.61 Å². The van der Waals surface area contributed by atoms with Crippen LogP contribution in [0.25, 0.3) is 10.1 Å². The molecule has 4 nitrogen and oxygen atoms in total. The summed E-state index contributed by atoms with van der Waals surface area (Å²) >= 11 is 1.48. The van der Waals surface area contributed by atoms with Gasteiger partial charge in [-0.05, 0) is 42.8 Å². The Kier molecular flexibility index (Phi) is 5.81. The second-order valence-corrected chi connectivity index (χ2v) is 6.46. The van der Waals surface area contributed by atoms with Crippen LogP contribution < -0.4 is 4.74 Å². The molecule has 26 heavy (non-hydrogen) atoms. The first-order valence-electron chi connectivity index (χ1n) is 8.29. The molecule has 0 aliphatic rings. The third kappa shape index (κ3) is 4.00. The van der Waals surface area contributed by atoms with Crippen molar-refractivity contribution in [2.24, 2.45) is 4.99 Å². The zero-order valence-electron chi connectivity index (χ0n) is 14.5. The number of fused-ring (bicyclic) bond motifs is 1. The van der Waals surface area contributed by atoms with Gasteiger partial charge in [-0.15, -0.1) is 11.3 Å². The number of ether oxygens (including phenoxy) is 2. The number of esters is 1. The highest BCUT2D eigenvalue weighted by Gasteiger charge is 2.19. The molecule has 5 heteroatoms. The molecule has 0 saturated heterocycles. The summed E-state index contributed by atoms with van der Waals surface area (Å²) in [6.45, 7) is 6.23. The molecule has 2 aromatic carbocycles. The molecular formula is C21H19NO3S. The molecule has 0 aliphatic heterocycles. The van der Waals surface area contributed by atoms with Crippen LogP contribution in [0, 0.1) is 0 Å². The number of aliphatic imine (C=N–C) groups is 1. The summed E-state index contributed by atoms with van der Waals surface area (Å²) < 4.78 is 11.7. The quantitative estimate of drug-likeness (QED) is 0.320. The molecule has 0 spiro atoms. The minimum atomic E-state index is -0.342. The van der Waals surface area contributed by atoms with E-state index in [0.717, 1.165) is 21.4 Å². The van der Waals surface area contributed by atoms with Gasteiger partial charge in [0.15, 0.2) is 0 Å². The summed E-state index contributed by atoms with van der Waals surface area (Å²) in [7, 11) is 0. The molecule has 0 aliphatic carbocycles. The van der Waals surface area contributed by atoms with Crippen LogP contribution in [-0.2, 0) is 4.74 Å². The fourth-order valence-electron chi connectivity index (χ4n) is 2.46. The molecular weight excluding hydrogens is 346 g/mol. The van der Waals surface area contributed by atoms with Crippen LogP contribution in [0.2, 0.25) is 0 Å². The van der Waals surface area contributed by atoms with Crippen LogP contribution in [0.15, 0.2) is 66.2 Å². The highest BCUT2D eigenvalue weighted by atomic mass is 32.1. The number of hydrogen-bond donors (Lipinski definition) is 0. The lowest BCUT2D eigenvalue weighted by molar-refractivity contribution is 0.0530. The predicted octanol–water partition coefficient (Wildman–Crippen LogP) is 5.39. The average molecular weight is 365 g/mol. The molecule has 3 rings (SSSR count). The lowest BCUT2D eigenvalue weighted by Crippen LogP contribution is -2.03. The van der Waals surface area contributed by atoms with E-state index in [9.17, 15) is 4.79 Å². The van der Waals surface area contributed by atoms with Crippen LogP contribution in [0.1, 0.15) is 22.8 Å². The molecule has 0 radical (unpaired) electrons. The Balaban J connectivity index is 1.90. The van der Waals surface area contributed by atoms with Gasteiger partial charge in [-0.3, -0.25) is 0 Å². The minimum absolute atomic E-state index is 0.332. The van der Waals surface area contributed by atoms with E-state index in [4.69, 9.17) is 9.47 Å². The fourth-order valence-corrected chi connectivity index (χ4v) is 3.50. The van der Waals surface area contributed by atoms with Crippen molar-refractivity contribution in [1.82, 2.24) is 0 Å². The average Bonchev–Trinajstić information content (AvgIpc) is 3.04. The molecule has 0 amide bonds. The number of rotatable bonds is 7. The molecule has 0 unspecified atom stereocenters. The SMILES string of the molecule is C=CCOc1ccc(C=Nc2sc3ccccc3c2C(=O)OCC)cc1. The number of hydrogen-bond acceptors (Lipinski definition) is 5. The maximum atomic E-state index is 12.4. The first kappa shape index (κ1) is 17.9. The van der Waals surface area contributed by atoms with Gasteiger partial charge in [0.2, 0.25) is 0 Å². The van der Waals surface area contributed by atoms with E-state index >= 15 is 0 Å². The predicted molar refractivity (Wildman–Crippen MR) is 107 cm³/mol. The zero-order valence-corrected chi connectivity index (χ0v) is 15.3. The Hall–Kier alpha value is -2.92. The van der Waals surface area contributed by atoms with Crippen LogP contribution >= 0.6 is 11.3 Å². The second kappa shape index (κ2) is 8.45. The number of thiophene rings is 1. The molecule has 0 bridgehead atoms. The molecule has 0 saturated carbocycles. The van der Waals surface area contributed by atoms with Crippen molar-refractivity contribution < 1.29 is 14.3 Å². The van der Waals surface area contributed by atoms with Crippen LogP contribution in [-0.4, -0.2) is 25.4 Å². The van der Waals surface area contributed by atoms with Crippen molar-refractivity contribution in [3.63, 3.8) is 0 Å². The summed E-state index contributed by atoms with van der Waals surface area (Å²) in [6, 6.07) is 15.3. The summed E-state index contributed by atoms with van der Waals surface area (Å²) in [5.41, 5.74) is 1.44. The number of carbonyl (C=O) groups is 1. The number of nitrogens with zero attached hydrogens (tertiary/aromatic N) is 1. The van der Waals surface area contributed by atoms with E-state index in [0.29, 0.717) is 23.8 Å². The summed E-state index contributed by atoms with van der Waals surface area (Å²) in [6.07, 6.45) is 3.44. The molecule has 0 N–H and O–H groups in total. The maximum absolute atomic E-state index is 12.4. The molecule has 3 aromatic rings. The van der Waals surface area contributed by atoms with Crippen LogP contribution in [0.4, 0.5) is 5.00 Å². The van der Waals surface area contributed by atoms with Crippen molar-refractivity contribution in [1.29, 1.82) is 0 Å². The van der Waals surface area contributed by atoms with Gasteiger partial charge in [-0.1, -0.05) is 30.9 Å². The summed E-state index contributed by atoms with van der Waals surface area (Å²) in [5.74, 6) is 0.432. The molecule has 0 atom stereocenters. The van der Waals surface area contributed by atoms with Gasteiger partial charge in [0.25, 0.3) is 0 Å². The minimum Gasteiger partial charge on any atom is -0.490 e. The molecule has 1 heterocycles. The Labute approximate surface area is 156 Å². The van der Waals surface area contributed by atoms with Crippen molar-refractivity contribution in [2.75, 3.05) is 13.2 Å². The number of benzene rings is 2. The lowest BCUT2D eigenvalue weighted by atomic mass is 10.1. The third-order valence-electron chi connectivity index (χ3n) is 3.64. The number of carbonyl (C=O) groups excluding carboxylic acids is 1. The van der Waals surface area contributed by atoms with Crippen LogP contribution in [0.5, 0.6) is 5.75 Å². The van der Waals surface area contributed by atoms with E-state index in [1.807, 2.05) is 48.5 Å². The Morgan fingerprint density at radius 2 is 1.96 bits per heavy atom. The van der Waals surface area contributed by atoms with Gasteiger partial charge in [0, 0.05) is 16.3 Å². The van der Waals surface area contributed by atoms with Crippen molar-refractivity contribution in [3.05, 3.63) is 72.3 Å². The first-order valence-corrected chi connectivity index (χ1v) is 9.11. The lowest BCUT2D eigenvalue weighted by Gasteiger charge is -2.03. The largest absolute Gasteiger partial charge is 0.490 e. The normalized spacial score (nSPS) is 11.0. The Bertz CT molecular complexity index is 942. The van der Waals surface area contributed by atoms with E-state index in [1.54, 1.807) is 19.2 Å². The topological polar surface area (TPSA) is 47.9 Å². The van der Waals surface area contributed by atoms with Crippen LogP contribution in [0.3, 0.4) is 0 Å². The second-order valence-electron chi connectivity index (χ2n) is 5.43. The molecule has 132 valence electrons. The van der Waals surface area contributed by atoms with E-state index in [2.05, 4.69) is 11.6 Å². The zero-order chi connectivity index (χ0) is 18.4. The third-order valence-corrected chi connectivity index (χ3v) is 4.71. The highest BCUT2D eigenvalue weighted by molar-refractivity contribution is 7.23. The molecule has 1 aromatic heterocycles. The monoisotopic (exact) mass is 365 g/mol. The van der Waals surface area contributed by atoms with Gasteiger partial charge >= 0.3 is 5.97 Å². The van der Waals surface area contributed by atoms with E-state index < -0.39 is 0 Å². The fraction of sp³-hybridized carbons (Fsp3) is 0.143. The van der Waals surface area contributed by atoms with Crippen molar-refractivity contribution >= 4 is 38.6 Å².